The van der Waals surface area contributed by atoms with Crippen molar-refractivity contribution in [3.8, 4) is 0 Å². The van der Waals surface area contributed by atoms with Crippen LogP contribution in [0.3, 0.4) is 0 Å². The standard InChI is InChI=1S/C25H29FN6/c26-20-10-6-17(7-11-20)15-30-25-31-16-22(23(28)19-4-2-1-3-5-19)24(32-25)29-14-18-8-12-21(27)13-9-18/h1-7,10-11,16,18,21,28H,8-9,12-15,27H2,(H2,29,30,31,32). The monoisotopic (exact) mass is 432 g/mol. The largest absolute Gasteiger partial charge is 0.369 e. The lowest BCUT2D eigenvalue weighted by Crippen LogP contribution is -2.29. The zero-order valence-corrected chi connectivity index (χ0v) is 18.0. The van der Waals surface area contributed by atoms with Gasteiger partial charge in [0.15, 0.2) is 0 Å². The van der Waals surface area contributed by atoms with Crippen molar-refractivity contribution in [2.75, 3.05) is 17.2 Å². The van der Waals surface area contributed by atoms with Crippen LogP contribution in [0.1, 0.15) is 42.4 Å². The lowest BCUT2D eigenvalue weighted by atomic mass is 9.86. The predicted molar refractivity (Wildman–Crippen MR) is 127 cm³/mol. The summed E-state index contributed by atoms with van der Waals surface area (Å²) < 4.78 is 13.1. The van der Waals surface area contributed by atoms with Crippen LogP contribution in [0.25, 0.3) is 0 Å². The van der Waals surface area contributed by atoms with Gasteiger partial charge in [0.1, 0.15) is 11.6 Å². The molecule has 0 bridgehead atoms. The number of aromatic nitrogens is 2. The Balaban J connectivity index is 1.51. The van der Waals surface area contributed by atoms with Crippen LogP contribution in [0.4, 0.5) is 16.2 Å². The molecule has 32 heavy (non-hydrogen) atoms. The molecule has 2 aromatic carbocycles. The van der Waals surface area contributed by atoms with E-state index in [-0.39, 0.29) is 5.82 Å². The molecular formula is C25H29FN6. The molecule has 1 aliphatic rings. The highest BCUT2D eigenvalue weighted by Gasteiger charge is 2.20. The number of hydrogen-bond acceptors (Lipinski definition) is 6. The van der Waals surface area contributed by atoms with Crippen molar-refractivity contribution in [3.05, 3.63) is 83.3 Å². The van der Waals surface area contributed by atoms with Crippen LogP contribution in [-0.2, 0) is 6.54 Å². The molecule has 1 fully saturated rings. The summed E-state index contributed by atoms with van der Waals surface area (Å²) in [6.45, 7) is 1.27. The van der Waals surface area contributed by atoms with Gasteiger partial charge in [0.05, 0.1) is 11.3 Å². The van der Waals surface area contributed by atoms with E-state index >= 15 is 0 Å². The lowest BCUT2D eigenvalue weighted by molar-refractivity contribution is 0.338. The number of rotatable bonds is 8. The van der Waals surface area contributed by atoms with Crippen molar-refractivity contribution in [2.45, 2.75) is 38.3 Å². The van der Waals surface area contributed by atoms with Gasteiger partial charge in [0.2, 0.25) is 5.95 Å². The highest BCUT2D eigenvalue weighted by molar-refractivity contribution is 6.13. The summed E-state index contributed by atoms with van der Waals surface area (Å²) in [5.74, 6) is 1.39. The van der Waals surface area contributed by atoms with Crippen molar-refractivity contribution < 1.29 is 4.39 Å². The summed E-state index contributed by atoms with van der Waals surface area (Å²) in [4.78, 5) is 9.11. The van der Waals surface area contributed by atoms with Gasteiger partial charge in [-0.2, -0.15) is 4.98 Å². The SMILES string of the molecule is N=C(c1ccccc1)c1cnc(NCc2ccc(F)cc2)nc1NCC1CCC(N)CC1. The summed E-state index contributed by atoms with van der Waals surface area (Å²) in [5.41, 5.74) is 8.83. The zero-order chi connectivity index (χ0) is 22.3. The summed E-state index contributed by atoms with van der Waals surface area (Å²) in [6, 6.07) is 16.2. The molecule has 4 rings (SSSR count). The number of hydrogen-bond donors (Lipinski definition) is 4. The zero-order valence-electron chi connectivity index (χ0n) is 18.0. The minimum absolute atomic E-state index is 0.260. The Morgan fingerprint density at radius 1 is 1.00 bits per heavy atom. The van der Waals surface area contributed by atoms with Crippen LogP contribution in [0, 0.1) is 17.1 Å². The third-order valence-corrected chi connectivity index (χ3v) is 5.93. The van der Waals surface area contributed by atoms with E-state index in [1.165, 1.54) is 12.1 Å². The Labute approximate surface area is 188 Å². The van der Waals surface area contributed by atoms with Crippen LogP contribution >= 0.6 is 0 Å². The van der Waals surface area contributed by atoms with E-state index < -0.39 is 0 Å². The fourth-order valence-electron chi connectivity index (χ4n) is 3.96. The van der Waals surface area contributed by atoms with Crippen molar-refractivity contribution in [1.82, 2.24) is 9.97 Å². The molecule has 1 saturated carbocycles. The number of anilines is 2. The van der Waals surface area contributed by atoms with Gasteiger partial charge in [-0.3, -0.25) is 5.41 Å². The maximum atomic E-state index is 13.1. The molecule has 5 N–H and O–H groups in total. The fourth-order valence-corrected chi connectivity index (χ4v) is 3.96. The number of nitrogens with two attached hydrogens (primary N) is 1. The van der Waals surface area contributed by atoms with Gasteiger partial charge in [0, 0.05) is 30.9 Å². The maximum absolute atomic E-state index is 13.1. The molecule has 0 amide bonds. The molecule has 166 valence electrons. The molecule has 0 atom stereocenters. The van der Waals surface area contributed by atoms with Gasteiger partial charge in [0.25, 0.3) is 0 Å². The van der Waals surface area contributed by atoms with E-state index in [1.807, 2.05) is 30.3 Å². The van der Waals surface area contributed by atoms with E-state index in [4.69, 9.17) is 11.1 Å². The van der Waals surface area contributed by atoms with Gasteiger partial charge in [-0.05, 0) is 49.3 Å². The quantitative estimate of drug-likeness (QED) is 0.391. The molecule has 6 nitrogen and oxygen atoms in total. The second kappa shape index (κ2) is 10.3. The molecule has 7 heteroatoms. The van der Waals surface area contributed by atoms with Crippen LogP contribution in [0.15, 0.2) is 60.8 Å². The highest BCUT2D eigenvalue weighted by atomic mass is 19.1. The summed E-state index contributed by atoms with van der Waals surface area (Å²) in [6.07, 6.45) is 5.98. The van der Waals surface area contributed by atoms with Crippen LogP contribution in [-0.4, -0.2) is 28.3 Å². The molecule has 0 aliphatic heterocycles. The number of nitrogens with one attached hydrogen (secondary N) is 3. The lowest BCUT2D eigenvalue weighted by Gasteiger charge is -2.26. The summed E-state index contributed by atoms with van der Waals surface area (Å²) in [5, 5.41) is 15.4. The van der Waals surface area contributed by atoms with Gasteiger partial charge in [-0.1, -0.05) is 42.5 Å². The molecule has 3 aromatic rings. The van der Waals surface area contributed by atoms with E-state index in [1.54, 1.807) is 18.3 Å². The van der Waals surface area contributed by atoms with Crippen LogP contribution in [0.5, 0.6) is 0 Å². The van der Waals surface area contributed by atoms with E-state index in [9.17, 15) is 4.39 Å². The Kier molecular flexibility index (Phi) is 7.07. The number of halogens is 1. The number of nitrogens with zero attached hydrogens (tertiary/aromatic N) is 2. The predicted octanol–water partition coefficient (Wildman–Crippen LogP) is 4.57. The number of benzene rings is 2. The molecule has 1 heterocycles. The Morgan fingerprint density at radius 3 is 2.44 bits per heavy atom. The highest BCUT2D eigenvalue weighted by Crippen LogP contribution is 2.25. The molecule has 0 unspecified atom stereocenters. The van der Waals surface area contributed by atoms with E-state index in [2.05, 4.69) is 20.6 Å². The van der Waals surface area contributed by atoms with Gasteiger partial charge in [-0.25, -0.2) is 9.37 Å². The first kappa shape index (κ1) is 21.9. The Bertz CT molecular complexity index is 1030. The van der Waals surface area contributed by atoms with E-state index in [0.29, 0.717) is 41.5 Å². The normalized spacial score (nSPS) is 18.2. The molecule has 1 aromatic heterocycles. The minimum Gasteiger partial charge on any atom is -0.369 e. The molecule has 0 saturated heterocycles. The summed E-state index contributed by atoms with van der Waals surface area (Å²) in [7, 11) is 0. The van der Waals surface area contributed by atoms with Crippen LogP contribution in [0.2, 0.25) is 0 Å². The fraction of sp³-hybridized carbons (Fsp3) is 0.320. The second-order valence-corrected chi connectivity index (χ2v) is 8.34. The third kappa shape index (κ3) is 5.68. The maximum Gasteiger partial charge on any atom is 0.224 e. The van der Waals surface area contributed by atoms with Crippen molar-refractivity contribution >= 4 is 17.5 Å². The smallest absolute Gasteiger partial charge is 0.224 e. The summed E-state index contributed by atoms with van der Waals surface area (Å²) >= 11 is 0. The molecule has 1 aliphatic carbocycles. The average Bonchev–Trinajstić information content (AvgIpc) is 2.83. The minimum atomic E-state index is -0.260. The second-order valence-electron chi connectivity index (χ2n) is 8.34. The van der Waals surface area contributed by atoms with Crippen molar-refractivity contribution in [2.24, 2.45) is 11.7 Å². The molecular weight excluding hydrogens is 403 g/mol. The van der Waals surface area contributed by atoms with Crippen molar-refractivity contribution in [1.29, 1.82) is 5.41 Å². The first-order valence-electron chi connectivity index (χ1n) is 11.1. The average molecular weight is 433 g/mol. The van der Waals surface area contributed by atoms with Gasteiger partial charge in [-0.15, -0.1) is 0 Å². The first-order chi connectivity index (χ1) is 15.6. The van der Waals surface area contributed by atoms with Crippen LogP contribution < -0.4 is 16.4 Å². The molecule has 0 spiro atoms. The Hall–Kier alpha value is -3.32. The third-order valence-electron chi connectivity index (χ3n) is 5.93. The molecule has 0 radical (unpaired) electrons. The topological polar surface area (TPSA) is 99.7 Å². The van der Waals surface area contributed by atoms with Gasteiger partial charge < -0.3 is 16.4 Å². The van der Waals surface area contributed by atoms with Gasteiger partial charge >= 0.3 is 0 Å². The first-order valence-corrected chi connectivity index (χ1v) is 11.1. The Morgan fingerprint density at radius 2 is 1.72 bits per heavy atom. The van der Waals surface area contributed by atoms with Crippen molar-refractivity contribution in [3.63, 3.8) is 0 Å². The van der Waals surface area contributed by atoms with E-state index in [0.717, 1.165) is 43.4 Å².